The van der Waals surface area contributed by atoms with E-state index in [0.29, 0.717) is 0 Å². The van der Waals surface area contributed by atoms with Gasteiger partial charge in [0.05, 0.1) is 5.69 Å². The molecule has 0 aromatic carbocycles. The highest BCUT2D eigenvalue weighted by Crippen LogP contribution is 2.19. The van der Waals surface area contributed by atoms with E-state index in [1.165, 1.54) is 10.6 Å². The summed E-state index contributed by atoms with van der Waals surface area (Å²) in [7, 11) is 0. The van der Waals surface area contributed by atoms with E-state index in [1.807, 2.05) is 13.0 Å². The van der Waals surface area contributed by atoms with Crippen LogP contribution in [-0.2, 0) is 6.42 Å². The number of aryl methyl sites for hydroxylation is 2. The lowest BCUT2D eigenvalue weighted by Crippen LogP contribution is -1.89. The Kier molecular flexibility index (Phi) is 2.87. The number of nitrogens with two attached hydrogens (primary N) is 1. The maximum atomic E-state index is 5.55. The van der Waals surface area contributed by atoms with Crippen molar-refractivity contribution in [3.05, 3.63) is 21.3 Å². The third-order valence-electron chi connectivity index (χ3n) is 1.60. The van der Waals surface area contributed by atoms with E-state index in [0.717, 1.165) is 17.1 Å². The van der Waals surface area contributed by atoms with E-state index < -0.39 is 0 Å². The van der Waals surface area contributed by atoms with Gasteiger partial charge < -0.3 is 5.73 Å². The van der Waals surface area contributed by atoms with Gasteiger partial charge in [0.2, 0.25) is 0 Å². The molecule has 0 saturated carbocycles. The Labute approximate surface area is 77.1 Å². The minimum Gasteiger partial charge on any atom is -0.402 e. The Morgan fingerprint density at radius 2 is 2.33 bits per heavy atom. The van der Waals surface area contributed by atoms with Crippen molar-refractivity contribution in [2.45, 2.75) is 27.2 Å². The van der Waals surface area contributed by atoms with Gasteiger partial charge in [-0.25, -0.2) is 4.98 Å². The minimum absolute atomic E-state index is 0.811. The normalized spacial score (nSPS) is 12.1. The fourth-order valence-corrected chi connectivity index (χ4v) is 2.06. The third kappa shape index (κ3) is 2.08. The smallest absolute Gasteiger partial charge is 0.118 e. The van der Waals surface area contributed by atoms with Gasteiger partial charge in [0.25, 0.3) is 0 Å². The standard InChI is InChI=1S/C9H14N2S/c1-4-8-7(3)12-9(11-8)5-6(2)10/h5H,4,10H2,1-3H3/b6-5-. The molecule has 0 aliphatic rings. The number of thiazole rings is 1. The summed E-state index contributed by atoms with van der Waals surface area (Å²) in [6, 6.07) is 0. The van der Waals surface area contributed by atoms with Gasteiger partial charge in [-0.15, -0.1) is 11.3 Å². The van der Waals surface area contributed by atoms with Crippen molar-refractivity contribution in [2.24, 2.45) is 5.73 Å². The van der Waals surface area contributed by atoms with Crippen LogP contribution < -0.4 is 5.73 Å². The molecule has 0 bridgehead atoms. The van der Waals surface area contributed by atoms with E-state index >= 15 is 0 Å². The lowest BCUT2D eigenvalue weighted by atomic mass is 10.3. The molecule has 1 aromatic rings. The molecule has 0 atom stereocenters. The summed E-state index contributed by atoms with van der Waals surface area (Å²) in [6.07, 6.45) is 2.91. The molecular formula is C9H14N2S. The van der Waals surface area contributed by atoms with Crippen molar-refractivity contribution >= 4 is 17.4 Å². The van der Waals surface area contributed by atoms with Crippen LogP contribution >= 0.6 is 11.3 Å². The summed E-state index contributed by atoms with van der Waals surface area (Å²) in [5.74, 6) is 0. The molecule has 12 heavy (non-hydrogen) atoms. The zero-order chi connectivity index (χ0) is 9.14. The highest BCUT2D eigenvalue weighted by atomic mass is 32.1. The fraction of sp³-hybridized carbons (Fsp3) is 0.444. The predicted octanol–water partition coefficient (Wildman–Crippen LogP) is 2.33. The predicted molar refractivity (Wildman–Crippen MR) is 54.1 cm³/mol. The molecule has 1 aromatic heterocycles. The molecule has 0 radical (unpaired) electrons. The van der Waals surface area contributed by atoms with Crippen molar-refractivity contribution in [3.8, 4) is 0 Å². The number of aromatic nitrogens is 1. The van der Waals surface area contributed by atoms with Gasteiger partial charge in [0.1, 0.15) is 5.01 Å². The zero-order valence-corrected chi connectivity index (χ0v) is 8.53. The molecule has 0 aliphatic heterocycles. The molecule has 0 saturated heterocycles. The quantitative estimate of drug-likeness (QED) is 0.762. The van der Waals surface area contributed by atoms with E-state index in [9.17, 15) is 0 Å². The molecule has 66 valence electrons. The molecular weight excluding hydrogens is 168 g/mol. The molecule has 3 heteroatoms. The Bertz CT molecular complexity index is 295. The van der Waals surface area contributed by atoms with Crippen LogP contribution in [0.25, 0.3) is 6.08 Å². The monoisotopic (exact) mass is 182 g/mol. The number of allylic oxidation sites excluding steroid dienone is 1. The first kappa shape index (κ1) is 9.26. The molecule has 0 amide bonds. The summed E-state index contributed by atoms with van der Waals surface area (Å²) >= 11 is 1.70. The summed E-state index contributed by atoms with van der Waals surface area (Å²) in [4.78, 5) is 5.73. The molecule has 2 nitrogen and oxygen atoms in total. The van der Waals surface area contributed by atoms with Gasteiger partial charge in [-0.05, 0) is 26.3 Å². The van der Waals surface area contributed by atoms with Crippen molar-refractivity contribution in [1.82, 2.24) is 4.98 Å². The lowest BCUT2D eigenvalue weighted by molar-refractivity contribution is 1.04. The fourth-order valence-electron chi connectivity index (χ4n) is 1.03. The molecule has 2 N–H and O–H groups in total. The Hall–Kier alpha value is -0.830. The number of nitrogens with zero attached hydrogens (tertiary/aromatic N) is 1. The van der Waals surface area contributed by atoms with E-state index in [2.05, 4.69) is 18.8 Å². The summed E-state index contributed by atoms with van der Waals surface area (Å²) in [6.45, 7) is 6.09. The maximum absolute atomic E-state index is 5.55. The van der Waals surface area contributed by atoms with Crippen molar-refractivity contribution in [1.29, 1.82) is 0 Å². The van der Waals surface area contributed by atoms with Crippen LogP contribution in [0.5, 0.6) is 0 Å². The average molecular weight is 182 g/mol. The van der Waals surface area contributed by atoms with E-state index in [4.69, 9.17) is 5.73 Å². The second-order valence-electron chi connectivity index (χ2n) is 2.80. The second-order valence-corrected chi connectivity index (χ2v) is 4.03. The zero-order valence-electron chi connectivity index (χ0n) is 7.72. The van der Waals surface area contributed by atoms with Crippen LogP contribution in [0.15, 0.2) is 5.70 Å². The highest BCUT2D eigenvalue weighted by molar-refractivity contribution is 7.12. The maximum Gasteiger partial charge on any atom is 0.118 e. The Balaban J connectivity index is 2.97. The van der Waals surface area contributed by atoms with Gasteiger partial charge in [-0.2, -0.15) is 0 Å². The van der Waals surface area contributed by atoms with Crippen LogP contribution in [0.4, 0.5) is 0 Å². The lowest BCUT2D eigenvalue weighted by Gasteiger charge is -1.87. The molecule has 0 aliphatic carbocycles. The first-order chi connectivity index (χ1) is 5.63. The Morgan fingerprint density at radius 1 is 1.67 bits per heavy atom. The topological polar surface area (TPSA) is 38.9 Å². The van der Waals surface area contributed by atoms with E-state index in [1.54, 1.807) is 11.3 Å². The molecule has 1 rings (SSSR count). The first-order valence-corrected chi connectivity index (χ1v) is 4.85. The van der Waals surface area contributed by atoms with Crippen LogP contribution in [0.1, 0.15) is 29.4 Å². The van der Waals surface area contributed by atoms with Gasteiger partial charge in [0, 0.05) is 10.6 Å². The van der Waals surface area contributed by atoms with Crippen molar-refractivity contribution < 1.29 is 0 Å². The number of hydrogen-bond donors (Lipinski definition) is 1. The van der Waals surface area contributed by atoms with Crippen LogP contribution in [0, 0.1) is 6.92 Å². The molecule has 1 heterocycles. The van der Waals surface area contributed by atoms with Gasteiger partial charge in [-0.1, -0.05) is 6.92 Å². The minimum atomic E-state index is 0.811. The second kappa shape index (κ2) is 3.72. The van der Waals surface area contributed by atoms with E-state index in [-0.39, 0.29) is 0 Å². The van der Waals surface area contributed by atoms with Gasteiger partial charge in [-0.3, -0.25) is 0 Å². The van der Waals surface area contributed by atoms with Crippen molar-refractivity contribution in [3.63, 3.8) is 0 Å². The number of rotatable bonds is 2. The van der Waals surface area contributed by atoms with Gasteiger partial charge >= 0.3 is 0 Å². The Morgan fingerprint density at radius 3 is 2.75 bits per heavy atom. The average Bonchev–Trinajstić information content (AvgIpc) is 2.29. The summed E-state index contributed by atoms with van der Waals surface area (Å²) in [5, 5.41) is 1.02. The number of hydrogen-bond acceptors (Lipinski definition) is 3. The molecule has 0 fully saturated rings. The third-order valence-corrected chi connectivity index (χ3v) is 2.56. The largest absolute Gasteiger partial charge is 0.402 e. The SMILES string of the molecule is CCc1nc(/C=C(/C)N)sc1C. The molecule has 0 spiro atoms. The van der Waals surface area contributed by atoms with Crippen molar-refractivity contribution in [2.75, 3.05) is 0 Å². The summed E-state index contributed by atoms with van der Waals surface area (Å²) in [5.41, 5.74) is 7.55. The first-order valence-electron chi connectivity index (χ1n) is 4.03. The van der Waals surface area contributed by atoms with Crippen LogP contribution in [0.2, 0.25) is 0 Å². The molecule has 0 unspecified atom stereocenters. The van der Waals surface area contributed by atoms with Crippen LogP contribution in [-0.4, -0.2) is 4.98 Å². The van der Waals surface area contributed by atoms with Crippen LogP contribution in [0.3, 0.4) is 0 Å². The summed E-state index contributed by atoms with van der Waals surface area (Å²) < 4.78 is 0. The highest BCUT2D eigenvalue weighted by Gasteiger charge is 2.02. The van der Waals surface area contributed by atoms with Gasteiger partial charge in [0.15, 0.2) is 0 Å².